The first-order valence-electron chi connectivity index (χ1n) is 13.1. The Balaban J connectivity index is 1.24. The van der Waals surface area contributed by atoms with Crippen LogP contribution in [0.15, 0.2) is 70.1 Å². The monoisotopic (exact) mass is 613 g/mol. The summed E-state index contributed by atoms with van der Waals surface area (Å²) in [6, 6.07) is 12.8. The Labute approximate surface area is 248 Å². The maximum atomic E-state index is 14.0. The van der Waals surface area contributed by atoms with Crippen molar-refractivity contribution in [2.24, 2.45) is 4.99 Å². The largest absolute Gasteiger partial charge is 0.496 e. The Morgan fingerprint density at radius 2 is 1.66 bits per heavy atom. The lowest BCUT2D eigenvalue weighted by Gasteiger charge is -2.19. The van der Waals surface area contributed by atoms with Crippen LogP contribution in [0.25, 0.3) is 6.20 Å². The second-order valence-corrected chi connectivity index (χ2v) is 9.45. The highest BCUT2D eigenvalue weighted by molar-refractivity contribution is 6.00. The van der Waals surface area contributed by atoms with Crippen LogP contribution >= 0.6 is 0 Å². The molecule has 3 N–H and O–H groups in total. The smallest absolute Gasteiger partial charge is 0.416 e. The van der Waals surface area contributed by atoms with Gasteiger partial charge in [-0.2, -0.15) is 13.2 Å². The van der Waals surface area contributed by atoms with Crippen LogP contribution in [-0.4, -0.2) is 34.0 Å². The minimum Gasteiger partial charge on any atom is -0.496 e. The minimum atomic E-state index is -4.68. The molecule has 0 spiro atoms. The molecule has 0 unspecified atom stereocenters. The number of ether oxygens (including phenoxy) is 3. The van der Waals surface area contributed by atoms with Crippen molar-refractivity contribution in [2.45, 2.75) is 12.7 Å². The molecule has 0 fully saturated rings. The van der Waals surface area contributed by atoms with E-state index in [4.69, 9.17) is 18.6 Å². The summed E-state index contributed by atoms with van der Waals surface area (Å²) >= 11 is 0. The van der Waals surface area contributed by atoms with E-state index in [1.54, 1.807) is 63.8 Å². The average molecular weight is 614 g/mol. The van der Waals surface area contributed by atoms with Gasteiger partial charge in [0.15, 0.2) is 5.88 Å². The van der Waals surface area contributed by atoms with E-state index in [0.29, 0.717) is 59.1 Å². The van der Waals surface area contributed by atoms with Gasteiger partial charge in [-0.3, -0.25) is 0 Å². The molecule has 0 saturated carbocycles. The number of anilines is 4. The van der Waals surface area contributed by atoms with Crippen LogP contribution in [0.2, 0.25) is 0 Å². The average Bonchev–Trinajstić information content (AvgIpc) is 3.42. The number of fused-ring (bicyclic) bond motifs is 1. The van der Waals surface area contributed by atoms with E-state index in [1.807, 2.05) is 11.1 Å². The molecular weight excluding hydrogens is 586 g/mol. The molecule has 4 aromatic rings. The van der Waals surface area contributed by atoms with Gasteiger partial charge < -0.3 is 39.5 Å². The van der Waals surface area contributed by atoms with Gasteiger partial charge in [-0.15, -0.1) is 0 Å². The summed E-state index contributed by atoms with van der Waals surface area (Å²) in [6.07, 6.45) is -2.82. The molecule has 44 heavy (non-hydrogen) atoms. The Morgan fingerprint density at radius 1 is 0.955 bits per heavy atom. The lowest BCUT2D eigenvalue weighted by molar-refractivity contribution is -0.137. The molecule has 0 aliphatic carbocycles. The Hall–Kier alpha value is -5.40. The second-order valence-electron chi connectivity index (χ2n) is 9.45. The molecule has 1 aromatic heterocycles. The maximum Gasteiger partial charge on any atom is 0.416 e. The fraction of sp³-hybridized carbons (Fsp3) is 0.200. The van der Waals surface area contributed by atoms with Gasteiger partial charge in [-0.05, 0) is 42.5 Å². The van der Waals surface area contributed by atoms with E-state index in [-0.39, 0.29) is 6.67 Å². The fourth-order valence-corrected chi connectivity index (χ4v) is 4.45. The standard InChI is InChI=1S/C30H27F4N5O5/c1-41-21-12-25(42-2)22(26(13-21)43-3)14-35-27-10-17-15-39(16-36-28(17)44-27)20-7-5-19(6-8-20)37-29(40)38-24-11-18(30(32,33)34)4-9-23(24)31/h4-13,15,35H,14,16H2,1-3H3,(H2,37,38,40). The van der Waals surface area contributed by atoms with Gasteiger partial charge in [-0.1, -0.05) is 0 Å². The third kappa shape index (κ3) is 6.64. The Bertz CT molecular complexity index is 1770. The van der Waals surface area contributed by atoms with Gasteiger partial charge in [0, 0.05) is 35.8 Å². The number of methoxy groups -OCH3 is 3. The normalized spacial score (nSPS) is 12.4. The summed E-state index contributed by atoms with van der Waals surface area (Å²) in [5.74, 6) is 1.27. The number of carbonyl (C=O) groups excluding carboxylic acids is 1. The van der Waals surface area contributed by atoms with Gasteiger partial charge in [0.05, 0.1) is 49.9 Å². The molecule has 230 valence electrons. The van der Waals surface area contributed by atoms with E-state index < -0.39 is 29.3 Å². The van der Waals surface area contributed by atoms with Crippen molar-refractivity contribution in [3.63, 3.8) is 0 Å². The van der Waals surface area contributed by atoms with Gasteiger partial charge in [0.1, 0.15) is 29.7 Å². The SMILES string of the molecule is COc1cc(OC)c(CNc2cc3c(o2)=NCN(c2ccc(NC(=O)Nc4cc(C(F)(F)F)ccc4F)cc2)C=3)c(OC)c1. The topological polar surface area (TPSA) is 110 Å². The lowest BCUT2D eigenvalue weighted by atomic mass is 10.1. The van der Waals surface area contributed by atoms with E-state index in [9.17, 15) is 22.4 Å². The molecule has 2 amide bonds. The zero-order valence-corrected chi connectivity index (χ0v) is 23.7. The van der Waals surface area contributed by atoms with Crippen molar-refractivity contribution in [3.8, 4) is 17.2 Å². The number of rotatable bonds is 9. The summed E-state index contributed by atoms with van der Waals surface area (Å²) in [5, 5.41) is 8.54. The van der Waals surface area contributed by atoms with Crippen molar-refractivity contribution in [1.29, 1.82) is 0 Å². The summed E-state index contributed by atoms with van der Waals surface area (Å²) in [5.41, 5.74) is 0.642. The van der Waals surface area contributed by atoms with E-state index in [2.05, 4.69) is 20.9 Å². The third-order valence-electron chi connectivity index (χ3n) is 6.66. The predicted molar refractivity (Wildman–Crippen MR) is 155 cm³/mol. The first kappa shape index (κ1) is 30.1. The van der Waals surface area contributed by atoms with Crippen molar-refractivity contribution in [2.75, 3.05) is 48.8 Å². The number of nitrogens with zero attached hydrogens (tertiary/aromatic N) is 2. The zero-order chi connectivity index (χ0) is 31.4. The molecule has 10 nitrogen and oxygen atoms in total. The lowest BCUT2D eigenvalue weighted by Crippen LogP contribution is -2.33. The fourth-order valence-electron chi connectivity index (χ4n) is 4.45. The van der Waals surface area contributed by atoms with Crippen LogP contribution in [-0.2, 0) is 12.7 Å². The summed E-state index contributed by atoms with van der Waals surface area (Å²) in [7, 11) is 4.68. The highest BCUT2D eigenvalue weighted by Crippen LogP contribution is 2.35. The van der Waals surface area contributed by atoms with Crippen molar-refractivity contribution < 1.29 is 41.0 Å². The number of urea groups is 1. The molecule has 2 heterocycles. The summed E-state index contributed by atoms with van der Waals surface area (Å²) < 4.78 is 75.0. The van der Waals surface area contributed by atoms with Crippen LogP contribution in [0.3, 0.4) is 0 Å². The first-order valence-corrected chi connectivity index (χ1v) is 13.1. The molecule has 1 aliphatic heterocycles. The van der Waals surface area contributed by atoms with Crippen LogP contribution in [0, 0.1) is 5.82 Å². The highest BCUT2D eigenvalue weighted by atomic mass is 19.4. The number of furan rings is 1. The number of alkyl halides is 3. The van der Waals surface area contributed by atoms with Crippen molar-refractivity contribution in [1.82, 2.24) is 0 Å². The molecule has 5 rings (SSSR count). The number of carbonyl (C=O) groups is 1. The maximum absolute atomic E-state index is 14.0. The number of nitrogens with one attached hydrogen (secondary N) is 3. The van der Waals surface area contributed by atoms with Gasteiger partial charge in [-0.25, -0.2) is 14.2 Å². The second kappa shape index (κ2) is 12.5. The van der Waals surface area contributed by atoms with Crippen LogP contribution < -0.4 is 45.8 Å². The summed E-state index contributed by atoms with van der Waals surface area (Å²) in [6.45, 7) is 0.608. The Kier molecular flexibility index (Phi) is 8.51. The number of hydrogen-bond donors (Lipinski definition) is 3. The number of hydrogen-bond acceptors (Lipinski definition) is 8. The van der Waals surface area contributed by atoms with Crippen LogP contribution in [0.4, 0.5) is 45.3 Å². The first-order chi connectivity index (χ1) is 21.1. The van der Waals surface area contributed by atoms with E-state index in [0.717, 1.165) is 16.5 Å². The van der Waals surface area contributed by atoms with Crippen LogP contribution in [0.5, 0.6) is 17.2 Å². The summed E-state index contributed by atoms with van der Waals surface area (Å²) in [4.78, 5) is 18.7. The zero-order valence-electron chi connectivity index (χ0n) is 23.7. The molecule has 0 saturated heterocycles. The molecule has 0 bridgehead atoms. The van der Waals surface area contributed by atoms with Gasteiger partial charge >= 0.3 is 12.2 Å². The van der Waals surface area contributed by atoms with Crippen molar-refractivity contribution in [3.05, 3.63) is 88.4 Å². The van der Waals surface area contributed by atoms with E-state index >= 15 is 0 Å². The molecule has 14 heteroatoms. The predicted octanol–water partition coefficient (Wildman–Crippen LogP) is 5.55. The molecular formula is C30H27F4N5O5. The molecule has 1 aliphatic rings. The molecule has 3 aromatic carbocycles. The minimum absolute atomic E-state index is 0.266. The van der Waals surface area contributed by atoms with Gasteiger partial charge in [0.25, 0.3) is 0 Å². The quantitative estimate of drug-likeness (QED) is 0.212. The Morgan fingerprint density at radius 3 is 2.30 bits per heavy atom. The number of halogens is 4. The van der Waals surface area contributed by atoms with Gasteiger partial charge in [0.2, 0.25) is 5.55 Å². The van der Waals surface area contributed by atoms with Crippen molar-refractivity contribution >= 4 is 35.2 Å². The number of amides is 2. The molecule has 0 radical (unpaired) electrons. The molecule has 0 atom stereocenters. The highest BCUT2D eigenvalue weighted by Gasteiger charge is 2.31. The van der Waals surface area contributed by atoms with E-state index in [1.165, 1.54) is 0 Å². The third-order valence-corrected chi connectivity index (χ3v) is 6.66. The number of benzene rings is 3. The van der Waals surface area contributed by atoms with Crippen LogP contribution in [0.1, 0.15) is 11.1 Å².